The zero-order chi connectivity index (χ0) is 21.3. The molecule has 152 valence electrons. The van der Waals surface area contributed by atoms with Gasteiger partial charge in [0.25, 0.3) is 0 Å². The van der Waals surface area contributed by atoms with Crippen molar-refractivity contribution < 1.29 is 13.9 Å². The number of rotatable bonds is 4. The summed E-state index contributed by atoms with van der Waals surface area (Å²) in [5.74, 6) is 5.86. The summed E-state index contributed by atoms with van der Waals surface area (Å²) in [4.78, 5) is 23.9. The van der Waals surface area contributed by atoms with Gasteiger partial charge in [0, 0.05) is 35.3 Å². The number of fused-ring (bicyclic) bond motifs is 1. The van der Waals surface area contributed by atoms with Crippen molar-refractivity contribution in [1.82, 2.24) is 5.01 Å². The molecular weight excluding hydrogens is 394 g/mol. The molecule has 8 heteroatoms. The third-order valence-electron chi connectivity index (χ3n) is 4.85. The van der Waals surface area contributed by atoms with Gasteiger partial charge in [-0.3, -0.25) is 5.01 Å². The number of nitrogens with two attached hydrogens (primary N) is 1. The van der Waals surface area contributed by atoms with Gasteiger partial charge in [0.1, 0.15) is 17.9 Å². The SMILES string of the molecule is Cc1cccc(NC(=O)N(C)N)c1COc1cc2oc(=O)c(C)c(C)c2cc1Cl. The summed E-state index contributed by atoms with van der Waals surface area (Å²) >= 11 is 6.40. The van der Waals surface area contributed by atoms with Crippen molar-refractivity contribution in [2.24, 2.45) is 5.84 Å². The number of benzene rings is 2. The normalized spacial score (nSPS) is 10.8. The molecule has 0 fully saturated rings. The minimum Gasteiger partial charge on any atom is -0.487 e. The molecule has 1 aromatic heterocycles. The number of hydrogen-bond donors (Lipinski definition) is 2. The molecule has 0 unspecified atom stereocenters. The minimum atomic E-state index is -0.451. The molecule has 0 spiro atoms. The summed E-state index contributed by atoms with van der Waals surface area (Å²) < 4.78 is 11.3. The lowest BCUT2D eigenvalue weighted by Crippen LogP contribution is -2.37. The number of halogens is 1. The van der Waals surface area contributed by atoms with Crippen molar-refractivity contribution in [2.75, 3.05) is 12.4 Å². The molecule has 0 radical (unpaired) electrons. The zero-order valence-electron chi connectivity index (χ0n) is 16.6. The first-order valence-electron chi connectivity index (χ1n) is 8.93. The summed E-state index contributed by atoms with van der Waals surface area (Å²) in [5.41, 5.74) is 3.67. The van der Waals surface area contributed by atoms with Crippen LogP contribution in [0.3, 0.4) is 0 Å². The van der Waals surface area contributed by atoms with Crippen LogP contribution in [0.25, 0.3) is 11.0 Å². The fourth-order valence-electron chi connectivity index (χ4n) is 2.92. The van der Waals surface area contributed by atoms with E-state index in [-0.39, 0.29) is 6.61 Å². The summed E-state index contributed by atoms with van der Waals surface area (Å²) in [7, 11) is 1.45. The Labute approximate surface area is 173 Å². The van der Waals surface area contributed by atoms with E-state index < -0.39 is 11.7 Å². The number of amides is 2. The van der Waals surface area contributed by atoms with Crippen LogP contribution in [0.5, 0.6) is 5.75 Å². The van der Waals surface area contributed by atoms with Gasteiger partial charge in [0.05, 0.1) is 5.02 Å². The van der Waals surface area contributed by atoms with Crippen molar-refractivity contribution >= 4 is 34.3 Å². The average Bonchev–Trinajstić information content (AvgIpc) is 2.66. The number of carbonyl (C=O) groups is 1. The van der Waals surface area contributed by atoms with Crippen LogP contribution in [0.2, 0.25) is 5.02 Å². The third kappa shape index (κ3) is 4.21. The van der Waals surface area contributed by atoms with E-state index in [0.717, 1.165) is 27.1 Å². The van der Waals surface area contributed by atoms with Crippen LogP contribution in [0.4, 0.5) is 10.5 Å². The highest BCUT2D eigenvalue weighted by Crippen LogP contribution is 2.33. The van der Waals surface area contributed by atoms with Crippen LogP contribution in [-0.2, 0) is 6.61 Å². The molecule has 29 heavy (non-hydrogen) atoms. The van der Waals surface area contributed by atoms with Gasteiger partial charge in [-0.25, -0.2) is 15.4 Å². The van der Waals surface area contributed by atoms with Gasteiger partial charge in [-0.1, -0.05) is 23.7 Å². The van der Waals surface area contributed by atoms with E-state index in [1.165, 1.54) is 7.05 Å². The van der Waals surface area contributed by atoms with Gasteiger partial charge in [0.15, 0.2) is 0 Å². The number of nitrogens with zero attached hydrogens (tertiary/aromatic N) is 1. The second-order valence-electron chi connectivity index (χ2n) is 6.85. The number of hydrogen-bond acceptors (Lipinski definition) is 5. The summed E-state index contributed by atoms with van der Waals surface area (Å²) in [6.07, 6.45) is 0. The van der Waals surface area contributed by atoms with Crippen molar-refractivity contribution in [3.63, 3.8) is 0 Å². The van der Waals surface area contributed by atoms with Crippen LogP contribution in [0.1, 0.15) is 22.3 Å². The van der Waals surface area contributed by atoms with Crippen molar-refractivity contribution in [3.05, 3.63) is 68.0 Å². The standard InChI is InChI=1S/C21H22ClN3O4/c1-11-6-5-7-17(24-21(27)25(4)23)15(11)10-28-19-9-18-14(8-16(19)22)12(2)13(3)20(26)29-18/h5-9H,10,23H2,1-4H3,(H,24,27). The van der Waals surface area contributed by atoms with Crippen molar-refractivity contribution in [2.45, 2.75) is 27.4 Å². The van der Waals surface area contributed by atoms with Crippen LogP contribution < -0.4 is 21.5 Å². The molecule has 0 aliphatic rings. The molecule has 0 saturated heterocycles. The number of aryl methyl sites for hydroxylation is 2. The number of anilines is 1. The molecule has 3 rings (SSSR count). The van der Waals surface area contributed by atoms with E-state index in [4.69, 9.17) is 26.6 Å². The Morgan fingerprint density at radius 2 is 1.97 bits per heavy atom. The third-order valence-corrected chi connectivity index (χ3v) is 5.15. The van der Waals surface area contributed by atoms with Crippen LogP contribution >= 0.6 is 11.6 Å². The Bertz CT molecular complexity index is 1150. The van der Waals surface area contributed by atoms with Gasteiger partial charge >= 0.3 is 11.7 Å². The number of hydrazine groups is 1. The zero-order valence-corrected chi connectivity index (χ0v) is 17.4. The minimum absolute atomic E-state index is 0.150. The van der Waals surface area contributed by atoms with E-state index in [1.807, 2.05) is 26.0 Å². The van der Waals surface area contributed by atoms with Crippen LogP contribution in [0, 0.1) is 20.8 Å². The van der Waals surface area contributed by atoms with Gasteiger partial charge < -0.3 is 14.5 Å². The van der Waals surface area contributed by atoms with Crippen molar-refractivity contribution in [1.29, 1.82) is 0 Å². The average molecular weight is 416 g/mol. The molecule has 0 aliphatic carbocycles. The van der Waals surface area contributed by atoms with Crippen LogP contribution in [0.15, 0.2) is 39.5 Å². The maximum atomic E-state index is 12.0. The summed E-state index contributed by atoms with van der Waals surface area (Å²) in [6, 6.07) is 8.38. The van der Waals surface area contributed by atoms with Crippen LogP contribution in [-0.4, -0.2) is 18.1 Å². The quantitative estimate of drug-likeness (QED) is 0.287. The Hall–Kier alpha value is -3.03. The molecular formula is C21H22ClN3O4. The fraction of sp³-hybridized carbons (Fsp3) is 0.238. The first-order valence-corrected chi connectivity index (χ1v) is 9.31. The Morgan fingerprint density at radius 3 is 2.66 bits per heavy atom. The molecule has 3 N–H and O–H groups in total. The Morgan fingerprint density at radius 1 is 1.24 bits per heavy atom. The molecule has 2 amide bonds. The largest absolute Gasteiger partial charge is 0.487 e. The van der Waals surface area contributed by atoms with Gasteiger partial charge in [0.2, 0.25) is 0 Å². The highest BCUT2D eigenvalue weighted by atomic mass is 35.5. The lowest BCUT2D eigenvalue weighted by atomic mass is 10.1. The second kappa shape index (κ2) is 8.14. The van der Waals surface area contributed by atoms with E-state index in [0.29, 0.717) is 27.6 Å². The maximum Gasteiger partial charge on any atom is 0.339 e. The summed E-state index contributed by atoms with van der Waals surface area (Å²) in [6.45, 7) is 5.62. The first kappa shape index (κ1) is 20.7. The lowest BCUT2D eigenvalue weighted by Gasteiger charge is -2.17. The lowest BCUT2D eigenvalue weighted by molar-refractivity contribution is 0.223. The molecule has 0 aliphatic heterocycles. The molecule has 1 heterocycles. The highest BCUT2D eigenvalue weighted by Gasteiger charge is 2.15. The molecule has 0 atom stereocenters. The highest BCUT2D eigenvalue weighted by molar-refractivity contribution is 6.32. The maximum absolute atomic E-state index is 12.0. The smallest absolute Gasteiger partial charge is 0.339 e. The van der Waals surface area contributed by atoms with E-state index in [1.54, 1.807) is 25.1 Å². The van der Waals surface area contributed by atoms with E-state index in [2.05, 4.69) is 5.32 Å². The predicted molar refractivity (Wildman–Crippen MR) is 113 cm³/mol. The second-order valence-corrected chi connectivity index (χ2v) is 7.26. The number of carbonyl (C=O) groups excluding carboxylic acids is 1. The van der Waals surface area contributed by atoms with E-state index in [9.17, 15) is 9.59 Å². The first-order chi connectivity index (χ1) is 13.7. The van der Waals surface area contributed by atoms with E-state index >= 15 is 0 Å². The Balaban J connectivity index is 1.93. The summed E-state index contributed by atoms with van der Waals surface area (Å²) in [5, 5.41) is 4.86. The molecule has 2 aromatic carbocycles. The Kier molecular flexibility index (Phi) is 5.81. The van der Waals surface area contributed by atoms with Crippen molar-refractivity contribution in [3.8, 4) is 5.75 Å². The molecule has 3 aromatic rings. The number of urea groups is 1. The predicted octanol–water partition coefficient (Wildman–Crippen LogP) is 4.29. The monoisotopic (exact) mass is 415 g/mol. The molecule has 0 saturated carbocycles. The van der Waals surface area contributed by atoms with Gasteiger partial charge in [-0.15, -0.1) is 0 Å². The fourth-order valence-corrected chi connectivity index (χ4v) is 3.14. The number of ether oxygens (including phenoxy) is 1. The molecule has 0 bridgehead atoms. The van der Waals surface area contributed by atoms with Gasteiger partial charge in [-0.05, 0) is 44.0 Å². The number of nitrogens with one attached hydrogen (secondary N) is 1. The van der Waals surface area contributed by atoms with Gasteiger partial charge in [-0.2, -0.15) is 0 Å². The molecule has 7 nitrogen and oxygen atoms in total. The topological polar surface area (TPSA) is 97.8 Å².